The van der Waals surface area contributed by atoms with Crippen LogP contribution in [0.25, 0.3) is 22.3 Å². The van der Waals surface area contributed by atoms with Crippen molar-refractivity contribution in [2.75, 3.05) is 24.2 Å². The van der Waals surface area contributed by atoms with Crippen LogP contribution in [0.3, 0.4) is 0 Å². The molecule has 0 aliphatic heterocycles. The molecule has 0 spiro atoms. The van der Waals surface area contributed by atoms with Crippen molar-refractivity contribution in [1.82, 2.24) is 19.5 Å². The van der Waals surface area contributed by atoms with Crippen LogP contribution in [0.1, 0.15) is 0 Å². The second-order valence-corrected chi connectivity index (χ2v) is 5.20. The molecular weight excluding hydrogens is 321 g/mol. The van der Waals surface area contributed by atoms with Crippen LogP contribution in [0.15, 0.2) is 30.6 Å². The second kappa shape index (κ2) is 5.99. The van der Waals surface area contributed by atoms with Gasteiger partial charge in [-0.3, -0.25) is 0 Å². The molecule has 3 aromatic rings. The van der Waals surface area contributed by atoms with E-state index >= 15 is 0 Å². The third kappa shape index (κ3) is 3.24. The van der Waals surface area contributed by atoms with Crippen LogP contribution in [0.2, 0.25) is 0 Å². The standard InChI is InChI=1S/C15H15F3N6/c1-19-13-6-11-9(7-21-13)5-12(24(11)2)10-3-4-20-14(23-10)22-8-15(16,17)18/h3-7H,8H2,1-2H3,(H,19,21)(H,20,22,23). The van der Waals surface area contributed by atoms with Gasteiger partial charge in [0.05, 0.1) is 16.9 Å². The summed E-state index contributed by atoms with van der Waals surface area (Å²) in [6.07, 6.45) is -1.17. The molecule has 0 fully saturated rings. The number of aromatic nitrogens is 4. The first-order valence-electron chi connectivity index (χ1n) is 7.14. The zero-order chi connectivity index (χ0) is 17.3. The van der Waals surface area contributed by atoms with Crippen LogP contribution in [0.5, 0.6) is 0 Å². The monoisotopic (exact) mass is 336 g/mol. The van der Waals surface area contributed by atoms with Gasteiger partial charge in [-0.2, -0.15) is 13.2 Å². The van der Waals surface area contributed by atoms with E-state index in [1.54, 1.807) is 19.3 Å². The SMILES string of the molecule is CNc1cc2c(cn1)cc(-c1ccnc(NCC(F)(F)F)n1)n2C. The average molecular weight is 336 g/mol. The molecule has 24 heavy (non-hydrogen) atoms. The van der Waals surface area contributed by atoms with Gasteiger partial charge < -0.3 is 15.2 Å². The molecule has 3 aromatic heterocycles. The van der Waals surface area contributed by atoms with E-state index in [0.29, 0.717) is 5.69 Å². The van der Waals surface area contributed by atoms with Gasteiger partial charge in [-0.25, -0.2) is 15.0 Å². The molecule has 0 saturated carbocycles. The van der Waals surface area contributed by atoms with E-state index < -0.39 is 12.7 Å². The lowest BCUT2D eigenvalue weighted by molar-refractivity contribution is -0.115. The van der Waals surface area contributed by atoms with E-state index in [4.69, 9.17) is 0 Å². The fourth-order valence-electron chi connectivity index (χ4n) is 2.38. The summed E-state index contributed by atoms with van der Waals surface area (Å²) in [5, 5.41) is 6.07. The summed E-state index contributed by atoms with van der Waals surface area (Å²) in [5.41, 5.74) is 2.23. The van der Waals surface area contributed by atoms with Crippen molar-refractivity contribution in [2.24, 2.45) is 7.05 Å². The normalized spacial score (nSPS) is 11.7. The fraction of sp³-hybridized carbons (Fsp3) is 0.267. The van der Waals surface area contributed by atoms with Crippen molar-refractivity contribution >= 4 is 22.7 Å². The van der Waals surface area contributed by atoms with Gasteiger partial charge in [-0.15, -0.1) is 0 Å². The van der Waals surface area contributed by atoms with E-state index in [0.717, 1.165) is 22.4 Å². The van der Waals surface area contributed by atoms with Gasteiger partial charge in [0, 0.05) is 37.9 Å². The van der Waals surface area contributed by atoms with Gasteiger partial charge >= 0.3 is 6.18 Å². The summed E-state index contributed by atoms with van der Waals surface area (Å²) >= 11 is 0. The summed E-state index contributed by atoms with van der Waals surface area (Å²) in [6.45, 7) is -1.18. The number of hydrogen-bond donors (Lipinski definition) is 2. The Labute approximate surface area is 135 Å². The quantitative estimate of drug-likeness (QED) is 0.766. The third-order valence-corrected chi connectivity index (χ3v) is 3.55. The van der Waals surface area contributed by atoms with E-state index in [2.05, 4.69) is 25.6 Å². The van der Waals surface area contributed by atoms with E-state index in [1.807, 2.05) is 23.7 Å². The predicted octanol–water partition coefficient (Wildman–Crippen LogP) is 3.05. The van der Waals surface area contributed by atoms with Crippen molar-refractivity contribution < 1.29 is 13.2 Å². The molecule has 0 saturated heterocycles. The molecule has 0 aliphatic carbocycles. The minimum atomic E-state index is -4.33. The second-order valence-electron chi connectivity index (χ2n) is 5.20. The molecule has 0 aliphatic rings. The van der Waals surface area contributed by atoms with Crippen molar-refractivity contribution in [2.45, 2.75) is 6.18 Å². The van der Waals surface area contributed by atoms with Gasteiger partial charge in [0.1, 0.15) is 12.4 Å². The summed E-state index contributed by atoms with van der Waals surface area (Å²) in [7, 11) is 3.64. The fourth-order valence-corrected chi connectivity index (χ4v) is 2.38. The lowest BCUT2D eigenvalue weighted by Gasteiger charge is -2.09. The lowest BCUT2D eigenvalue weighted by atomic mass is 10.2. The van der Waals surface area contributed by atoms with Crippen LogP contribution in [0.4, 0.5) is 24.9 Å². The Morgan fingerprint density at radius 2 is 2.00 bits per heavy atom. The van der Waals surface area contributed by atoms with Crippen LogP contribution < -0.4 is 10.6 Å². The molecule has 9 heteroatoms. The van der Waals surface area contributed by atoms with Crippen LogP contribution >= 0.6 is 0 Å². The highest BCUT2D eigenvalue weighted by molar-refractivity contribution is 5.87. The number of nitrogens with one attached hydrogen (secondary N) is 2. The van der Waals surface area contributed by atoms with Gasteiger partial charge in [0.2, 0.25) is 5.95 Å². The first kappa shape index (κ1) is 16.0. The molecular formula is C15H15F3N6. The molecule has 3 heterocycles. The number of nitrogens with zero attached hydrogens (tertiary/aromatic N) is 4. The minimum absolute atomic E-state index is 0.0656. The maximum Gasteiger partial charge on any atom is 0.405 e. The van der Waals surface area contributed by atoms with Crippen molar-refractivity contribution in [3.05, 3.63) is 30.6 Å². The Morgan fingerprint density at radius 3 is 2.71 bits per heavy atom. The van der Waals surface area contributed by atoms with E-state index in [1.165, 1.54) is 6.20 Å². The molecule has 2 N–H and O–H groups in total. The lowest BCUT2D eigenvalue weighted by Crippen LogP contribution is -2.22. The molecule has 0 bridgehead atoms. The summed E-state index contributed by atoms with van der Waals surface area (Å²) < 4.78 is 38.8. The van der Waals surface area contributed by atoms with E-state index in [9.17, 15) is 13.2 Å². The molecule has 3 rings (SSSR count). The number of hydrogen-bond acceptors (Lipinski definition) is 5. The summed E-state index contributed by atoms with van der Waals surface area (Å²) in [4.78, 5) is 12.2. The zero-order valence-electron chi connectivity index (χ0n) is 13.0. The third-order valence-electron chi connectivity index (χ3n) is 3.55. The number of alkyl halides is 3. The number of halogens is 3. The van der Waals surface area contributed by atoms with Gasteiger partial charge in [-0.1, -0.05) is 0 Å². The molecule has 0 atom stereocenters. The van der Waals surface area contributed by atoms with Crippen LogP contribution in [0, 0.1) is 0 Å². The predicted molar refractivity (Wildman–Crippen MR) is 85.8 cm³/mol. The van der Waals surface area contributed by atoms with Crippen LogP contribution in [-0.2, 0) is 7.05 Å². The Morgan fingerprint density at radius 1 is 1.21 bits per heavy atom. The topological polar surface area (TPSA) is 67.7 Å². The van der Waals surface area contributed by atoms with Gasteiger partial charge in [-0.05, 0) is 12.1 Å². The minimum Gasteiger partial charge on any atom is -0.373 e. The number of rotatable bonds is 4. The molecule has 0 radical (unpaired) electrons. The van der Waals surface area contributed by atoms with Crippen molar-refractivity contribution in [3.63, 3.8) is 0 Å². The Kier molecular flexibility index (Phi) is 4.00. The smallest absolute Gasteiger partial charge is 0.373 e. The number of anilines is 2. The number of pyridine rings is 1. The maximum absolute atomic E-state index is 12.3. The first-order valence-corrected chi connectivity index (χ1v) is 7.14. The largest absolute Gasteiger partial charge is 0.405 e. The van der Waals surface area contributed by atoms with E-state index in [-0.39, 0.29) is 5.95 Å². The summed E-state index contributed by atoms with van der Waals surface area (Å²) in [6, 6.07) is 5.43. The molecule has 0 amide bonds. The van der Waals surface area contributed by atoms with Gasteiger partial charge in [0.15, 0.2) is 0 Å². The maximum atomic E-state index is 12.3. The Bertz CT molecular complexity index is 871. The van der Waals surface area contributed by atoms with Crippen LogP contribution in [-0.4, -0.2) is 39.3 Å². The first-order chi connectivity index (χ1) is 11.4. The number of aryl methyl sites for hydroxylation is 1. The number of fused-ring (bicyclic) bond motifs is 1. The summed E-state index contributed by atoms with van der Waals surface area (Å²) in [5.74, 6) is 0.662. The Hall–Kier alpha value is -2.84. The molecule has 0 unspecified atom stereocenters. The average Bonchev–Trinajstić information content (AvgIpc) is 2.89. The molecule has 6 nitrogen and oxygen atoms in total. The van der Waals surface area contributed by atoms with Crippen molar-refractivity contribution in [1.29, 1.82) is 0 Å². The molecule has 126 valence electrons. The van der Waals surface area contributed by atoms with Gasteiger partial charge in [0.25, 0.3) is 0 Å². The Balaban J connectivity index is 1.97. The zero-order valence-corrected chi connectivity index (χ0v) is 13.0. The highest BCUT2D eigenvalue weighted by atomic mass is 19.4. The van der Waals surface area contributed by atoms with Crippen molar-refractivity contribution in [3.8, 4) is 11.4 Å². The molecule has 0 aromatic carbocycles. The highest BCUT2D eigenvalue weighted by Crippen LogP contribution is 2.27. The highest BCUT2D eigenvalue weighted by Gasteiger charge is 2.27.